The van der Waals surface area contributed by atoms with E-state index in [0.717, 1.165) is 29.3 Å². The maximum atomic E-state index is 5.35. The zero-order valence-electron chi connectivity index (χ0n) is 8.91. The zero-order chi connectivity index (χ0) is 10.7. The number of nitrogens with one attached hydrogen (secondary N) is 1. The fraction of sp³-hybridized carbons (Fsp3) is 0.364. The van der Waals surface area contributed by atoms with E-state index in [2.05, 4.69) is 17.2 Å². The predicted molar refractivity (Wildman–Crippen MR) is 56.3 cm³/mol. The first kappa shape index (κ1) is 9.98. The largest absolute Gasteiger partial charge is 0.469 e. The Morgan fingerprint density at radius 3 is 2.93 bits per heavy atom. The van der Waals surface area contributed by atoms with Gasteiger partial charge in [-0.05, 0) is 19.5 Å². The van der Waals surface area contributed by atoms with Crippen molar-refractivity contribution in [1.29, 1.82) is 0 Å². The van der Waals surface area contributed by atoms with Crippen LogP contribution < -0.4 is 5.32 Å². The predicted octanol–water partition coefficient (Wildman–Crippen LogP) is 2.35. The van der Waals surface area contributed by atoms with Crippen molar-refractivity contribution < 1.29 is 8.83 Å². The molecule has 0 amide bonds. The van der Waals surface area contributed by atoms with Crippen LogP contribution in [-0.2, 0) is 6.54 Å². The molecular formula is C11H14N2O2. The van der Waals surface area contributed by atoms with Crippen molar-refractivity contribution in [2.75, 3.05) is 6.54 Å². The molecule has 0 aromatic carbocycles. The summed E-state index contributed by atoms with van der Waals surface area (Å²) < 4.78 is 10.6. The van der Waals surface area contributed by atoms with Crippen LogP contribution >= 0.6 is 0 Å². The molecule has 15 heavy (non-hydrogen) atoms. The number of oxazole rings is 1. The van der Waals surface area contributed by atoms with E-state index < -0.39 is 0 Å². The molecule has 2 rings (SSSR count). The lowest BCUT2D eigenvalue weighted by Gasteiger charge is -1.98. The fourth-order valence-corrected chi connectivity index (χ4v) is 1.44. The molecule has 0 bridgehead atoms. The molecule has 4 nitrogen and oxygen atoms in total. The molecule has 2 aromatic rings. The van der Waals surface area contributed by atoms with Crippen LogP contribution in [0.15, 0.2) is 27.6 Å². The highest BCUT2D eigenvalue weighted by Gasteiger charge is 2.11. The van der Waals surface area contributed by atoms with Crippen LogP contribution in [0.25, 0.3) is 11.3 Å². The monoisotopic (exact) mass is 206 g/mol. The summed E-state index contributed by atoms with van der Waals surface area (Å²) >= 11 is 0. The van der Waals surface area contributed by atoms with Gasteiger partial charge in [-0.15, -0.1) is 0 Å². The fourth-order valence-electron chi connectivity index (χ4n) is 1.44. The number of rotatable bonds is 4. The van der Waals surface area contributed by atoms with Gasteiger partial charge in [-0.1, -0.05) is 6.92 Å². The lowest BCUT2D eigenvalue weighted by atomic mass is 10.2. The van der Waals surface area contributed by atoms with E-state index in [9.17, 15) is 0 Å². The van der Waals surface area contributed by atoms with E-state index in [1.807, 2.05) is 13.0 Å². The van der Waals surface area contributed by atoms with Crippen LogP contribution in [0.2, 0.25) is 0 Å². The molecule has 0 aliphatic rings. The summed E-state index contributed by atoms with van der Waals surface area (Å²) in [4.78, 5) is 4.17. The molecule has 0 unspecified atom stereocenters. The van der Waals surface area contributed by atoms with Crippen molar-refractivity contribution in [1.82, 2.24) is 10.3 Å². The minimum absolute atomic E-state index is 0.715. The van der Waals surface area contributed by atoms with Crippen molar-refractivity contribution in [3.8, 4) is 11.3 Å². The third-order valence-electron chi connectivity index (χ3n) is 2.18. The van der Waals surface area contributed by atoms with Crippen molar-refractivity contribution >= 4 is 0 Å². The van der Waals surface area contributed by atoms with Gasteiger partial charge in [0.2, 0.25) is 0 Å². The second-order valence-corrected chi connectivity index (χ2v) is 3.35. The molecule has 0 atom stereocenters. The van der Waals surface area contributed by atoms with E-state index in [0.29, 0.717) is 6.54 Å². The second kappa shape index (κ2) is 4.31. The first-order chi connectivity index (χ1) is 7.31. The third-order valence-corrected chi connectivity index (χ3v) is 2.18. The lowest BCUT2D eigenvalue weighted by Crippen LogP contribution is -2.12. The maximum absolute atomic E-state index is 5.35. The summed E-state index contributed by atoms with van der Waals surface area (Å²) in [6.45, 7) is 5.59. The topological polar surface area (TPSA) is 51.2 Å². The van der Waals surface area contributed by atoms with Gasteiger partial charge in [-0.2, -0.15) is 0 Å². The SMILES string of the molecule is CCNCc1ncoc1-c1coc(C)c1. The summed E-state index contributed by atoms with van der Waals surface area (Å²) in [6, 6.07) is 1.94. The van der Waals surface area contributed by atoms with Gasteiger partial charge in [0, 0.05) is 6.54 Å². The molecule has 4 heteroatoms. The number of hydrogen-bond acceptors (Lipinski definition) is 4. The van der Waals surface area contributed by atoms with Gasteiger partial charge in [0.25, 0.3) is 0 Å². The molecule has 0 aliphatic carbocycles. The van der Waals surface area contributed by atoms with Gasteiger partial charge in [0.05, 0.1) is 5.56 Å². The molecule has 0 saturated heterocycles. The molecular weight excluding hydrogens is 192 g/mol. The van der Waals surface area contributed by atoms with Gasteiger partial charge in [0.1, 0.15) is 17.7 Å². The molecule has 2 aromatic heterocycles. The minimum Gasteiger partial charge on any atom is -0.469 e. The number of nitrogens with zero attached hydrogens (tertiary/aromatic N) is 1. The molecule has 0 aliphatic heterocycles. The lowest BCUT2D eigenvalue weighted by molar-refractivity contribution is 0.531. The van der Waals surface area contributed by atoms with Crippen LogP contribution in [0.5, 0.6) is 0 Å². The van der Waals surface area contributed by atoms with Gasteiger partial charge in [-0.3, -0.25) is 0 Å². The second-order valence-electron chi connectivity index (χ2n) is 3.35. The first-order valence-corrected chi connectivity index (χ1v) is 5.00. The van der Waals surface area contributed by atoms with Crippen LogP contribution in [-0.4, -0.2) is 11.5 Å². The van der Waals surface area contributed by atoms with Crippen molar-refractivity contribution in [3.63, 3.8) is 0 Å². The molecule has 0 radical (unpaired) electrons. The Kier molecular flexibility index (Phi) is 2.87. The molecule has 0 saturated carbocycles. The summed E-state index contributed by atoms with van der Waals surface area (Å²) in [5.41, 5.74) is 1.86. The van der Waals surface area contributed by atoms with Gasteiger partial charge < -0.3 is 14.2 Å². The van der Waals surface area contributed by atoms with Gasteiger partial charge >= 0.3 is 0 Å². The average molecular weight is 206 g/mol. The highest BCUT2D eigenvalue weighted by molar-refractivity contribution is 5.58. The standard InChI is InChI=1S/C11H14N2O2/c1-3-12-5-10-11(15-7-13-10)9-4-8(2)14-6-9/h4,6-7,12H,3,5H2,1-2H3. The maximum Gasteiger partial charge on any atom is 0.181 e. The smallest absolute Gasteiger partial charge is 0.181 e. The van der Waals surface area contributed by atoms with Crippen molar-refractivity contribution in [2.24, 2.45) is 0 Å². The molecule has 2 heterocycles. The van der Waals surface area contributed by atoms with E-state index in [1.54, 1.807) is 6.26 Å². The number of hydrogen-bond donors (Lipinski definition) is 1. The van der Waals surface area contributed by atoms with Crippen LogP contribution in [0.1, 0.15) is 18.4 Å². The number of aryl methyl sites for hydroxylation is 1. The first-order valence-electron chi connectivity index (χ1n) is 5.00. The zero-order valence-corrected chi connectivity index (χ0v) is 8.91. The molecule has 1 N–H and O–H groups in total. The average Bonchev–Trinajstić information content (AvgIpc) is 2.82. The Bertz CT molecular complexity index is 431. The highest BCUT2D eigenvalue weighted by atomic mass is 16.3. The summed E-state index contributed by atoms with van der Waals surface area (Å²) in [5.74, 6) is 1.66. The molecule has 80 valence electrons. The van der Waals surface area contributed by atoms with E-state index in [4.69, 9.17) is 8.83 Å². The Morgan fingerprint density at radius 1 is 1.40 bits per heavy atom. The van der Waals surface area contributed by atoms with E-state index in [-0.39, 0.29) is 0 Å². The minimum atomic E-state index is 0.715. The summed E-state index contributed by atoms with van der Waals surface area (Å²) in [5, 5.41) is 3.21. The Labute approximate surface area is 88.3 Å². The number of aromatic nitrogens is 1. The molecule has 0 fully saturated rings. The Hall–Kier alpha value is -1.55. The normalized spacial score (nSPS) is 10.8. The highest BCUT2D eigenvalue weighted by Crippen LogP contribution is 2.24. The molecule has 0 spiro atoms. The number of furan rings is 1. The van der Waals surface area contributed by atoms with Gasteiger partial charge in [-0.25, -0.2) is 4.98 Å². The van der Waals surface area contributed by atoms with Gasteiger partial charge in [0.15, 0.2) is 12.2 Å². The van der Waals surface area contributed by atoms with E-state index in [1.165, 1.54) is 6.39 Å². The van der Waals surface area contributed by atoms with Crippen molar-refractivity contribution in [2.45, 2.75) is 20.4 Å². The Morgan fingerprint density at radius 2 is 2.27 bits per heavy atom. The van der Waals surface area contributed by atoms with Crippen LogP contribution in [0, 0.1) is 6.92 Å². The van der Waals surface area contributed by atoms with Crippen LogP contribution in [0.3, 0.4) is 0 Å². The van der Waals surface area contributed by atoms with E-state index >= 15 is 0 Å². The third kappa shape index (κ3) is 2.10. The van der Waals surface area contributed by atoms with Crippen LogP contribution in [0.4, 0.5) is 0 Å². The summed E-state index contributed by atoms with van der Waals surface area (Å²) in [6.07, 6.45) is 3.15. The Balaban J connectivity index is 2.24. The summed E-state index contributed by atoms with van der Waals surface area (Å²) in [7, 11) is 0. The quantitative estimate of drug-likeness (QED) is 0.834. The van der Waals surface area contributed by atoms with Crippen molar-refractivity contribution in [3.05, 3.63) is 30.2 Å².